The molecular formula is C12H27N3. The zero-order chi connectivity index (χ0) is 11.5. The Balaban J connectivity index is 2.51. The highest BCUT2D eigenvalue weighted by atomic mass is 15.2. The minimum Gasteiger partial charge on any atom is -0.329 e. The van der Waals surface area contributed by atoms with Gasteiger partial charge >= 0.3 is 0 Å². The fourth-order valence-corrected chi connectivity index (χ4v) is 2.58. The molecule has 0 aromatic rings. The van der Waals surface area contributed by atoms with Gasteiger partial charge in [-0.1, -0.05) is 6.92 Å². The molecule has 1 aliphatic rings. The van der Waals surface area contributed by atoms with Crippen LogP contribution in [-0.2, 0) is 0 Å². The lowest BCUT2D eigenvalue weighted by atomic mass is 9.75. The van der Waals surface area contributed by atoms with Crippen LogP contribution in [0.5, 0.6) is 0 Å². The van der Waals surface area contributed by atoms with E-state index in [-0.39, 0.29) is 0 Å². The molecule has 0 bridgehead atoms. The van der Waals surface area contributed by atoms with Crippen LogP contribution in [0.25, 0.3) is 0 Å². The Morgan fingerprint density at radius 3 is 2.13 bits per heavy atom. The number of nitrogens with zero attached hydrogens (tertiary/aromatic N) is 2. The van der Waals surface area contributed by atoms with Gasteiger partial charge in [-0.05, 0) is 46.8 Å². The first-order valence-electron chi connectivity index (χ1n) is 6.13. The van der Waals surface area contributed by atoms with Crippen LogP contribution >= 0.6 is 0 Å². The number of hydrogen-bond acceptors (Lipinski definition) is 3. The van der Waals surface area contributed by atoms with Gasteiger partial charge in [0.1, 0.15) is 0 Å². The molecule has 1 atom stereocenters. The molecule has 1 aliphatic carbocycles. The third-order valence-electron chi connectivity index (χ3n) is 4.14. The third-order valence-corrected chi connectivity index (χ3v) is 4.14. The summed E-state index contributed by atoms with van der Waals surface area (Å²) < 4.78 is 0. The van der Waals surface area contributed by atoms with E-state index in [1.807, 2.05) is 0 Å². The molecule has 3 nitrogen and oxygen atoms in total. The van der Waals surface area contributed by atoms with E-state index in [2.05, 4.69) is 37.9 Å². The van der Waals surface area contributed by atoms with Gasteiger partial charge in [0, 0.05) is 24.7 Å². The predicted octanol–water partition coefficient (Wildman–Crippen LogP) is 1.14. The molecule has 2 N–H and O–H groups in total. The molecule has 1 fully saturated rings. The minimum absolute atomic E-state index is 0.428. The Bertz CT molecular complexity index is 183. The molecule has 0 saturated heterocycles. The lowest BCUT2D eigenvalue weighted by Gasteiger charge is -2.50. The second-order valence-corrected chi connectivity index (χ2v) is 5.19. The first kappa shape index (κ1) is 12.9. The minimum atomic E-state index is 0.428. The summed E-state index contributed by atoms with van der Waals surface area (Å²) in [6.45, 7) is 4.16. The molecule has 0 aliphatic heterocycles. The third kappa shape index (κ3) is 2.71. The molecular weight excluding hydrogens is 186 g/mol. The number of nitrogens with two attached hydrogens (primary N) is 1. The molecule has 0 heterocycles. The molecule has 0 radical (unpaired) electrons. The van der Waals surface area contributed by atoms with E-state index >= 15 is 0 Å². The first-order chi connectivity index (χ1) is 7.05. The van der Waals surface area contributed by atoms with Crippen LogP contribution in [0.1, 0.15) is 32.6 Å². The number of likely N-dealkylation sites (N-methyl/N-ethyl adjacent to an activating group) is 2. The molecule has 1 rings (SSSR count). The van der Waals surface area contributed by atoms with Crippen molar-refractivity contribution in [1.82, 2.24) is 9.80 Å². The zero-order valence-corrected chi connectivity index (χ0v) is 10.8. The topological polar surface area (TPSA) is 32.5 Å². The largest absolute Gasteiger partial charge is 0.329 e. The Morgan fingerprint density at radius 1 is 1.27 bits per heavy atom. The van der Waals surface area contributed by atoms with Crippen LogP contribution in [0.2, 0.25) is 0 Å². The van der Waals surface area contributed by atoms with Gasteiger partial charge in [0.15, 0.2) is 0 Å². The highest BCUT2D eigenvalue weighted by molar-refractivity contribution is 4.98. The Labute approximate surface area is 94.6 Å². The fraction of sp³-hybridized carbons (Fsp3) is 1.00. The van der Waals surface area contributed by atoms with Crippen molar-refractivity contribution < 1.29 is 0 Å². The van der Waals surface area contributed by atoms with Crippen LogP contribution in [0, 0.1) is 0 Å². The Morgan fingerprint density at radius 2 is 1.87 bits per heavy atom. The smallest absolute Gasteiger partial charge is 0.0330 e. The van der Waals surface area contributed by atoms with E-state index in [1.54, 1.807) is 0 Å². The normalized spacial score (nSPS) is 21.8. The molecule has 0 aromatic carbocycles. The van der Waals surface area contributed by atoms with E-state index in [0.717, 1.165) is 19.5 Å². The molecule has 1 saturated carbocycles. The van der Waals surface area contributed by atoms with E-state index in [4.69, 9.17) is 5.73 Å². The molecule has 1 unspecified atom stereocenters. The van der Waals surface area contributed by atoms with Gasteiger partial charge in [0.05, 0.1) is 0 Å². The lowest BCUT2D eigenvalue weighted by Crippen LogP contribution is -2.58. The van der Waals surface area contributed by atoms with E-state index in [0.29, 0.717) is 11.6 Å². The standard InChI is InChI=1S/C12H27N3/c1-5-11(9-13)15(4)10-12(14(2)3)7-6-8-12/h11H,5-10,13H2,1-4H3. The van der Waals surface area contributed by atoms with Crippen molar-refractivity contribution in [2.24, 2.45) is 5.73 Å². The summed E-state index contributed by atoms with van der Waals surface area (Å²) in [6, 6.07) is 0.544. The average Bonchev–Trinajstić information content (AvgIpc) is 2.12. The Hall–Kier alpha value is -0.120. The van der Waals surface area contributed by atoms with Gasteiger partial charge in [0.25, 0.3) is 0 Å². The van der Waals surface area contributed by atoms with E-state index in [1.165, 1.54) is 19.3 Å². The second-order valence-electron chi connectivity index (χ2n) is 5.19. The van der Waals surface area contributed by atoms with Crippen LogP contribution in [0.3, 0.4) is 0 Å². The second kappa shape index (κ2) is 5.28. The summed E-state index contributed by atoms with van der Waals surface area (Å²) in [7, 11) is 6.62. The zero-order valence-electron chi connectivity index (χ0n) is 10.8. The molecule has 3 heteroatoms. The molecule has 15 heavy (non-hydrogen) atoms. The van der Waals surface area contributed by atoms with Crippen molar-refractivity contribution in [1.29, 1.82) is 0 Å². The van der Waals surface area contributed by atoms with Gasteiger partial charge < -0.3 is 15.5 Å². The average molecular weight is 213 g/mol. The van der Waals surface area contributed by atoms with Gasteiger partial charge in [0.2, 0.25) is 0 Å². The van der Waals surface area contributed by atoms with Gasteiger partial charge in [-0.15, -0.1) is 0 Å². The number of hydrogen-bond donors (Lipinski definition) is 1. The monoisotopic (exact) mass is 213 g/mol. The Kier molecular flexibility index (Phi) is 4.56. The summed E-state index contributed by atoms with van der Waals surface area (Å²) in [5.41, 5.74) is 6.21. The van der Waals surface area contributed by atoms with Crippen LogP contribution < -0.4 is 5.73 Å². The van der Waals surface area contributed by atoms with Crippen LogP contribution in [0.15, 0.2) is 0 Å². The van der Waals surface area contributed by atoms with Crippen molar-refractivity contribution in [3.8, 4) is 0 Å². The highest BCUT2D eigenvalue weighted by Crippen LogP contribution is 2.36. The summed E-state index contributed by atoms with van der Waals surface area (Å²) in [5.74, 6) is 0. The summed E-state index contributed by atoms with van der Waals surface area (Å²) >= 11 is 0. The molecule has 0 amide bonds. The van der Waals surface area contributed by atoms with Gasteiger partial charge in [-0.3, -0.25) is 0 Å². The van der Waals surface area contributed by atoms with Crippen LogP contribution in [-0.4, -0.2) is 55.6 Å². The van der Waals surface area contributed by atoms with Crippen molar-refractivity contribution >= 4 is 0 Å². The summed E-state index contributed by atoms with van der Waals surface area (Å²) in [6.07, 6.45) is 5.21. The maximum atomic E-state index is 5.78. The lowest BCUT2D eigenvalue weighted by molar-refractivity contribution is 0.0166. The van der Waals surface area contributed by atoms with E-state index < -0.39 is 0 Å². The summed E-state index contributed by atoms with van der Waals surface area (Å²) in [4.78, 5) is 4.84. The number of rotatable bonds is 6. The quantitative estimate of drug-likeness (QED) is 0.718. The van der Waals surface area contributed by atoms with E-state index in [9.17, 15) is 0 Å². The maximum absolute atomic E-state index is 5.78. The SMILES string of the molecule is CCC(CN)N(C)CC1(N(C)C)CCC1. The van der Waals surface area contributed by atoms with Gasteiger partial charge in [-0.25, -0.2) is 0 Å². The summed E-state index contributed by atoms with van der Waals surface area (Å²) in [5, 5.41) is 0. The maximum Gasteiger partial charge on any atom is 0.0330 e. The van der Waals surface area contributed by atoms with Crippen LogP contribution in [0.4, 0.5) is 0 Å². The van der Waals surface area contributed by atoms with Gasteiger partial charge in [-0.2, -0.15) is 0 Å². The predicted molar refractivity (Wildman–Crippen MR) is 66.0 cm³/mol. The van der Waals surface area contributed by atoms with Crippen molar-refractivity contribution in [2.75, 3.05) is 34.2 Å². The fourth-order valence-electron chi connectivity index (χ4n) is 2.58. The molecule has 0 aromatic heterocycles. The molecule has 90 valence electrons. The van der Waals surface area contributed by atoms with Crippen molar-refractivity contribution in [2.45, 2.75) is 44.2 Å². The highest BCUT2D eigenvalue weighted by Gasteiger charge is 2.40. The molecule has 0 spiro atoms. The van der Waals surface area contributed by atoms with Crippen molar-refractivity contribution in [3.63, 3.8) is 0 Å². The first-order valence-corrected chi connectivity index (χ1v) is 6.13. The van der Waals surface area contributed by atoms with Crippen molar-refractivity contribution in [3.05, 3.63) is 0 Å².